The fraction of sp³-hybridized carbons (Fsp3) is 0.150. The summed E-state index contributed by atoms with van der Waals surface area (Å²) in [5, 5.41) is 9.31. The molecular formula is C20H17Cl2N5. The molecule has 136 valence electrons. The summed E-state index contributed by atoms with van der Waals surface area (Å²) in [7, 11) is 0. The molecule has 0 amide bonds. The number of nitrogens with one attached hydrogen (secondary N) is 2. The van der Waals surface area contributed by atoms with E-state index in [2.05, 4.69) is 29.0 Å². The van der Waals surface area contributed by atoms with Gasteiger partial charge in [-0.2, -0.15) is 0 Å². The van der Waals surface area contributed by atoms with Crippen molar-refractivity contribution >= 4 is 34.4 Å². The SMILES string of the molecule is CC(c1ccccc1)c1nc2c([nH]1)c(=N)ncn2Cc1c(Cl)cccc1Cl. The molecule has 2 heterocycles. The van der Waals surface area contributed by atoms with E-state index in [1.807, 2.05) is 28.8 Å². The largest absolute Gasteiger partial charge is 0.337 e. The van der Waals surface area contributed by atoms with Gasteiger partial charge in [-0.1, -0.05) is 66.5 Å². The van der Waals surface area contributed by atoms with E-state index in [9.17, 15) is 0 Å². The summed E-state index contributed by atoms with van der Waals surface area (Å²) in [5.74, 6) is 0.854. The van der Waals surface area contributed by atoms with E-state index in [-0.39, 0.29) is 11.4 Å². The highest BCUT2D eigenvalue weighted by Gasteiger charge is 2.16. The molecule has 7 heteroatoms. The number of nitrogens with zero attached hydrogens (tertiary/aromatic N) is 3. The van der Waals surface area contributed by atoms with Gasteiger partial charge in [0.25, 0.3) is 0 Å². The van der Waals surface area contributed by atoms with E-state index in [1.54, 1.807) is 18.5 Å². The zero-order valence-electron chi connectivity index (χ0n) is 14.6. The van der Waals surface area contributed by atoms with Crippen LogP contribution in [0.25, 0.3) is 11.2 Å². The minimum Gasteiger partial charge on any atom is -0.337 e. The van der Waals surface area contributed by atoms with Crippen molar-refractivity contribution in [2.24, 2.45) is 0 Å². The highest BCUT2D eigenvalue weighted by Crippen LogP contribution is 2.27. The summed E-state index contributed by atoms with van der Waals surface area (Å²) >= 11 is 12.6. The van der Waals surface area contributed by atoms with Crippen molar-refractivity contribution in [3.63, 3.8) is 0 Å². The summed E-state index contributed by atoms with van der Waals surface area (Å²) in [5.41, 5.74) is 3.36. The van der Waals surface area contributed by atoms with Crippen LogP contribution in [0, 0.1) is 5.41 Å². The second-order valence-electron chi connectivity index (χ2n) is 6.37. The molecule has 27 heavy (non-hydrogen) atoms. The summed E-state index contributed by atoms with van der Waals surface area (Å²) in [4.78, 5) is 12.2. The fourth-order valence-electron chi connectivity index (χ4n) is 3.08. The molecule has 2 aromatic heterocycles. The molecule has 1 atom stereocenters. The average Bonchev–Trinajstić information content (AvgIpc) is 3.13. The molecule has 5 nitrogen and oxygen atoms in total. The molecule has 0 saturated carbocycles. The highest BCUT2D eigenvalue weighted by atomic mass is 35.5. The number of hydrogen-bond donors (Lipinski definition) is 2. The van der Waals surface area contributed by atoms with Crippen LogP contribution in [0.1, 0.15) is 29.8 Å². The Balaban J connectivity index is 1.80. The van der Waals surface area contributed by atoms with Crippen LogP contribution >= 0.6 is 23.2 Å². The lowest BCUT2D eigenvalue weighted by Gasteiger charge is -2.10. The van der Waals surface area contributed by atoms with Gasteiger partial charge in [0.1, 0.15) is 11.3 Å². The Kier molecular flexibility index (Phi) is 4.72. The van der Waals surface area contributed by atoms with Crippen LogP contribution in [0.4, 0.5) is 0 Å². The number of aromatic nitrogens is 4. The van der Waals surface area contributed by atoms with E-state index < -0.39 is 0 Å². The van der Waals surface area contributed by atoms with Crippen LogP contribution in [0.5, 0.6) is 0 Å². The predicted octanol–water partition coefficient (Wildman–Crippen LogP) is 4.75. The van der Waals surface area contributed by atoms with E-state index in [4.69, 9.17) is 33.6 Å². The Labute approximate surface area is 166 Å². The van der Waals surface area contributed by atoms with Gasteiger partial charge in [0.2, 0.25) is 0 Å². The summed E-state index contributed by atoms with van der Waals surface area (Å²) in [6, 6.07) is 15.6. The standard InChI is InChI=1S/C20H17Cl2N5/c1-12(13-6-3-2-4-7-13)19-25-17-18(23)24-11-27(20(17)26-19)10-14-15(21)8-5-9-16(14)22/h2-9,11-12,23H,10H2,1H3,(H,25,26). The van der Waals surface area contributed by atoms with Crippen LogP contribution in [-0.2, 0) is 6.54 Å². The Bertz CT molecular complexity index is 1140. The maximum absolute atomic E-state index is 8.14. The third-order valence-electron chi connectivity index (χ3n) is 4.64. The molecule has 2 N–H and O–H groups in total. The predicted molar refractivity (Wildman–Crippen MR) is 107 cm³/mol. The van der Waals surface area contributed by atoms with Crippen LogP contribution in [-0.4, -0.2) is 19.5 Å². The van der Waals surface area contributed by atoms with E-state index in [1.165, 1.54) is 0 Å². The first-order valence-electron chi connectivity index (χ1n) is 8.52. The molecule has 0 fully saturated rings. The zero-order valence-corrected chi connectivity index (χ0v) is 16.1. The molecule has 0 aliphatic heterocycles. The maximum atomic E-state index is 8.14. The maximum Gasteiger partial charge on any atom is 0.173 e. The van der Waals surface area contributed by atoms with Crippen LogP contribution in [0.2, 0.25) is 10.0 Å². The molecule has 0 aliphatic rings. The number of aromatic amines is 1. The molecule has 0 saturated heterocycles. The molecular weight excluding hydrogens is 381 g/mol. The van der Waals surface area contributed by atoms with Crippen molar-refractivity contribution in [3.05, 3.63) is 87.3 Å². The minimum atomic E-state index is 0.0651. The smallest absolute Gasteiger partial charge is 0.173 e. The number of H-pyrrole nitrogens is 1. The first-order chi connectivity index (χ1) is 13.0. The molecule has 4 rings (SSSR count). The first-order valence-corrected chi connectivity index (χ1v) is 9.27. The lowest BCUT2D eigenvalue weighted by molar-refractivity contribution is 0.779. The topological polar surface area (TPSA) is 70.3 Å². The van der Waals surface area contributed by atoms with Crippen molar-refractivity contribution in [2.75, 3.05) is 0 Å². The van der Waals surface area contributed by atoms with Gasteiger partial charge in [0.05, 0.1) is 12.9 Å². The lowest BCUT2D eigenvalue weighted by atomic mass is 10.0. The average molecular weight is 398 g/mol. The van der Waals surface area contributed by atoms with Gasteiger partial charge in [0.15, 0.2) is 11.1 Å². The normalized spacial score (nSPS) is 12.4. The number of hydrogen-bond acceptors (Lipinski definition) is 3. The van der Waals surface area contributed by atoms with E-state index in [0.717, 1.165) is 17.0 Å². The van der Waals surface area contributed by atoms with Crippen LogP contribution in [0.15, 0.2) is 54.9 Å². The molecule has 0 spiro atoms. The highest BCUT2D eigenvalue weighted by molar-refractivity contribution is 6.36. The third-order valence-corrected chi connectivity index (χ3v) is 5.35. The van der Waals surface area contributed by atoms with Crippen molar-refractivity contribution in [1.29, 1.82) is 5.41 Å². The van der Waals surface area contributed by atoms with E-state index in [0.29, 0.717) is 27.8 Å². The third kappa shape index (κ3) is 3.36. The van der Waals surface area contributed by atoms with Gasteiger partial charge in [-0.05, 0) is 17.7 Å². The number of benzene rings is 2. The Morgan fingerprint density at radius 1 is 1.07 bits per heavy atom. The monoisotopic (exact) mass is 397 g/mol. The summed E-state index contributed by atoms with van der Waals surface area (Å²) in [6.45, 7) is 2.51. The van der Waals surface area contributed by atoms with Crippen molar-refractivity contribution in [3.8, 4) is 0 Å². The van der Waals surface area contributed by atoms with E-state index >= 15 is 0 Å². The zero-order chi connectivity index (χ0) is 19.0. The number of rotatable bonds is 4. The van der Waals surface area contributed by atoms with Gasteiger partial charge in [-0.15, -0.1) is 0 Å². The van der Waals surface area contributed by atoms with Gasteiger partial charge >= 0.3 is 0 Å². The first kappa shape index (κ1) is 17.8. The quantitative estimate of drug-likeness (QED) is 0.521. The summed E-state index contributed by atoms with van der Waals surface area (Å²) in [6.07, 6.45) is 1.60. The number of fused-ring (bicyclic) bond motifs is 1. The van der Waals surface area contributed by atoms with Crippen molar-refractivity contribution in [2.45, 2.75) is 19.4 Å². The fourth-order valence-corrected chi connectivity index (χ4v) is 3.59. The molecule has 0 aliphatic carbocycles. The van der Waals surface area contributed by atoms with Gasteiger partial charge in [-0.3, -0.25) is 5.41 Å². The number of imidazole rings is 1. The van der Waals surface area contributed by atoms with Crippen molar-refractivity contribution in [1.82, 2.24) is 19.5 Å². The lowest BCUT2D eigenvalue weighted by Crippen LogP contribution is -2.13. The van der Waals surface area contributed by atoms with Gasteiger partial charge < -0.3 is 9.55 Å². The Morgan fingerprint density at radius 2 is 1.78 bits per heavy atom. The van der Waals surface area contributed by atoms with Crippen molar-refractivity contribution < 1.29 is 0 Å². The molecule has 4 aromatic rings. The Morgan fingerprint density at radius 3 is 2.48 bits per heavy atom. The van der Waals surface area contributed by atoms with Crippen LogP contribution in [0.3, 0.4) is 0 Å². The van der Waals surface area contributed by atoms with Gasteiger partial charge in [0, 0.05) is 21.5 Å². The minimum absolute atomic E-state index is 0.0651. The van der Waals surface area contributed by atoms with Crippen LogP contribution < -0.4 is 5.49 Å². The second kappa shape index (κ2) is 7.18. The second-order valence-corrected chi connectivity index (χ2v) is 7.19. The molecule has 2 aromatic carbocycles. The Hall–Kier alpha value is -2.63. The molecule has 1 unspecified atom stereocenters. The van der Waals surface area contributed by atoms with Gasteiger partial charge in [-0.25, -0.2) is 9.97 Å². The molecule has 0 radical (unpaired) electrons. The molecule has 0 bridgehead atoms. The summed E-state index contributed by atoms with van der Waals surface area (Å²) < 4.78 is 1.86. The number of halogens is 2.